The predicted molar refractivity (Wildman–Crippen MR) is 85.2 cm³/mol. The van der Waals surface area contributed by atoms with Crippen LogP contribution in [0.5, 0.6) is 0 Å². The predicted octanol–water partition coefficient (Wildman–Crippen LogP) is 3.99. The molecular weight excluding hydrogens is 308 g/mol. The van der Waals surface area contributed by atoms with Crippen molar-refractivity contribution in [2.24, 2.45) is 0 Å². The fourth-order valence-electron chi connectivity index (χ4n) is 2.04. The average molecular weight is 322 g/mol. The average Bonchev–Trinajstić information content (AvgIpc) is 2.80. The van der Waals surface area contributed by atoms with E-state index in [4.69, 9.17) is 0 Å². The standard InChI is InChI=1S/C15H14O2S3/c1-11-6-8-12(9-7-11)20(16,17)10-15-18-13-4-2-3-5-14(13)19-15/h2-9,15H,10H2,1H3. The van der Waals surface area contributed by atoms with Crippen LogP contribution in [0, 0.1) is 6.92 Å². The molecule has 0 aliphatic carbocycles. The highest BCUT2D eigenvalue weighted by Crippen LogP contribution is 2.48. The maximum absolute atomic E-state index is 12.4. The number of sulfone groups is 1. The maximum atomic E-state index is 12.4. The lowest BCUT2D eigenvalue weighted by Crippen LogP contribution is -2.14. The molecule has 0 saturated carbocycles. The summed E-state index contributed by atoms with van der Waals surface area (Å²) in [6, 6.07) is 15.2. The van der Waals surface area contributed by atoms with E-state index in [2.05, 4.69) is 0 Å². The molecule has 3 rings (SSSR count). The normalized spacial score (nSPS) is 15.2. The van der Waals surface area contributed by atoms with E-state index < -0.39 is 9.84 Å². The van der Waals surface area contributed by atoms with Crippen molar-refractivity contribution in [1.82, 2.24) is 0 Å². The van der Waals surface area contributed by atoms with Crippen molar-refractivity contribution >= 4 is 33.4 Å². The van der Waals surface area contributed by atoms with Crippen LogP contribution < -0.4 is 0 Å². The first-order valence-electron chi connectivity index (χ1n) is 6.26. The van der Waals surface area contributed by atoms with E-state index in [0.29, 0.717) is 4.90 Å². The summed E-state index contributed by atoms with van der Waals surface area (Å²) < 4.78 is 24.9. The van der Waals surface area contributed by atoms with E-state index in [1.54, 1.807) is 35.7 Å². The topological polar surface area (TPSA) is 34.1 Å². The number of fused-ring (bicyclic) bond motifs is 1. The van der Waals surface area contributed by atoms with Gasteiger partial charge in [0.2, 0.25) is 0 Å². The molecule has 0 radical (unpaired) electrons. The molecule has 0 bridgehead atoms. The Morgan fingerprint density at radius 3 is 2.05 bits per heavy atom. The van der Waals surface area contributed by atoms with Crippen LogP contribution in [0.15, 0.2) is 63.2 Å². The Bertz CT molecular complexity index is 696. The van der Waals surface area contributed by atoms with Gasteiger partial charge in [-0.05, 0) is 31.2 Å². The highest BCUT2D eigenvalue weighted by Gasteiger charge is 2.28. The van der Waals surface area contributed by atoms with E-state index in [9.17, 15) is 8.42 Å². The number of hydrogen-bond acceptors (Lipinski definition) is 4. The van der Waals surface area contributed by atoms with Crippen LogP contribution in [0.3, 0.4) is 0 Å². The molecule has 0 amide bonds. The van der Waals surface area contributed by atoms with Crippen LogP contribution in [0.4, 0.5) is 0 Å². The van der Waals surface area contributed by atoms with Gasteiger partial charge in [0.15, 0.2) is 9.84 Å². The molecular formula is C15H14O2S3. The summed E-state index contributed by atoms with van der Waals surface area (Å²) in [4.78, 5) is 2.78. The van der Waals surface area contributed by atoms with Crippen molar-refractivity contribution in [3.8, 4) is 0 Å². The molecule has 1 aliphatic heterocycles. The minimum atomic E-state index is -3.22. The zero-order valence-electron chi connectivity index (χ0n) is 10.9. The molecule has 0 fully saturated rings. The molecule has 2 aromatic rings. The first kappa shape index (κ1) is 14.0. The Hall–Kier alpha value is -0.910. The van der Waals surface area contributed by atoms with Gasteiger partial charge in [0.1, 0.15) is 0 Å². The maximum Gasteiger partial charge on any atom is 0.180 e. The molecule has 0 spiro atoms. The highest BCUT2D eigenvalue weighted by molar-refractivity contribution is 8.20. The van der Waals surface area contributed by atoms with Crippen LogP contribution >= 0.6 is 23.5 Å². The Morgan fingerprint density at radius 2 is 1.50 bits per heavy atom. The van der Waals surface area contributed by atoms with Crippen molar-refractivity contribution in [2.45, 2.75) is 26.2 Å². The van der Waals surface area contributed by atoms with Gasteiger partial charge in [-0.3, -0.25) is 0 Å². The van der Waals surface area contributed by atoms with E-state index in [1.807, 2.05) is 43.3 Å². The number of hydrogen-bond donors (Lipinski definition) is 0. The summed E-state index contributed by atoms with van der Waals surface area (Å²) in [5.41, 5.74) is 1.07. The van der Waals surface area contributed by atoms with Gasteiger partial charge in [0, 0.05) is 9.79 Å². The van der Waals surface area contributed by atoms with Gasteiger partial charge in [0.05, 0.1) is 15.2 Å². The Balaban J connectivity index is 1.77. The molecule has 1 aliphatic rings. The summed E-state index contributed by atoms with van der Waals surface area (Å²) in [6.07, 6.45) is 0. The minimum Gasteiger partial charge on any atom is -0.224 e. The Labute approximate surface area is 127 Å². The van der Waals surface area contributed by atoms with Crippen molar-refractivity contribution in [3.63, 3.8) is 0 Å². The van der Waals surface area contributed by atoms with Gasteiger partial charge in [-0.2, -0.15) is 0 Å². The quantitative estimate of drug-likeness (QED) is 0.855. The van der Waals surface area contributed by atoms with Crippen molar-refractivity contribution < 1.29 is 8.42 Å². The second-order valence-corrected chi connectivity index (χ2v) is 9.53. The van der Waals surface area contributed by atoms with Gasteiger partial charge < -0.3 is 0 Å². The lowest BCUT2D eigenvalue weighted by molar-refractivity contribution is 0.597. The lowest BCUT2D eigenvalue weighted by Gasteiger charge is -2.09. The molecule has 0 saturated heterocycles. The summed E-state index contributed by atoms with van der Waals surface area (Å²) in [7, 11) is -3.22. The molecule has 104 valence electrons. The minimum absolute atomic E-state index is 0.0405. The fraction of sp³-hybridized carbons (Fsp3) is 0.200. The Morgan fingerprint density at radius 1 is 0.950 bits per heavy atom. The van der Waals surface area contributed by atoms with Crippen molar-refractivity contribution in [3.05, 3.63) is 54.1 Å². The first-order valence-corrected chi connectivity index (χ1v) is 9.67. The van der Waals surface area contributed by atoms with E-state index >= 15 is 0 Å². The van der Waals surface area contributed by atoms with Gasteiger partial charge in [-0.1, -0.05) is 29.8 Å². The third kappa shape index (κ3) is 2.90. The summed E-state index contributed by atoms with van der Waals surface area (Å²) in [6.45, 7) is 1.95. The molecule has 2 aromatic carbocycles. The van der Waals surface area contributed by atoms with Crippen LogP contribution in [0.25, 0.3) is 0 Å². The van der Waals surface area contributed by atoms with E-state index in [1.165, 1.54) is 9.79 Å². The number of benzene rings is 2. The number of thioether (sulfide) groups is 2. The first-order chi connectivity index (χ1) is 9.54. The van der Waals surface area contributed by atoms with Crippen LogP contribution in [0.1, 0.15) is 5.56 Å². The van der Waals surface area contributed by atoms with Gasteiger partial charge in [-0.25, -0.2) is 8.42 Å². The molecule has 20 heavy (non-hydrogen) atoms. The third-order valence-corrected chi connectivity index (χ3v) is 8.07. The number of aryl methyl sites for hydroxylation is 1. The monoisotopic (exact) mass is 322 g/mol. The zero-order valence-corrected chi connectivity index (χ0v) is 13.4. The zero-order chi connectivity index (χ0) is 14.2. The number of rotatable bonds is 3. The largest absolute Gasteiger partial charge is 0.224 e. The molecule has 0 aromatic heterocycles. The summed E-state index contributed by atoms with van der Waals surface area (Å²) in [5, 5.41) is 0. The molecule has 5 heteroatoms. The van der Waals surface area contributed by atoms with E-state index in [-0.39, 0.29) is 10.3 Å². The SMILES string of the molecule is Cc1ccc(S(=O)(=O)CC2Sc3ccccc3S2)cc1. The molecule has 1 heterocycles. The third-order valence-electron chi connectivity index (χ3n) is 3.10. The van der Waals surface area contributed by atoms with E-state index in [0.717, 1.165) is 5.56 Å². The smallest absolute Gasteiger partial charge is 0.180 e. The molecule has 0 N–H and O–H groups in total. The summed E-state index contributed by atoms with van der Waals surface area (Å²) >= 11 is 3.29. The van der Waals surface area contributed by atoms with Crippen LogP contribution in [0.2, 0.25) is 0 Å². The van der Waals surface area contributed by atoms with Crippen LogP contribution in [-0.4, -0.2) is 18.8 Å². The second kappa shape index (κ2) is 5.47. The summed E-state index contributed by atoms with van der Waals surface area (Å²) in [5.74, 6) is 0.167. The van der Waals surface area contributed by atoms with Gasteiger partial charge in [0.25, 0.3) is 0 Å². The lowest BCUT2D eigenvalue weighted by atomic mass is 10.2. The molecule has 0 unspecified atom stereocenters. The van der Waals surface area contributed by atoms with Gasteiger partial charge in [-0.15, -0.1) is 23.5 Å². The van der Waals surface area contributed by atoms with Crippen molar-refractivity contribution in [2.75, 3.05) is 5.75 Å². The van der Waals surface area contributed by atoms with Crippen molar-refractivity contribution in [1.29, 1.82) is 0 Å². The van der Waals surface area contributed by atoms with Crippen LogP contribution in [-0.2, 0) is 9.84 Å². The fourth-order valence-corrected chi connectivity index (χ4v) is 7.11. The second-order valence-electron chi connectivity index (χ2n) is 4.71. The molecule has 2 nitrogen and oxygen atoms in total. The van der Waals surface area contributed by atoms with Gasteiger partial charge >= 0.3 is 0 Å². The highest BCUT2D eigenvalue weighted by atomic mass is 32.2. The Kier molecular flexibility index (Phi) is 3.84. The molecule has 0 atom stereocenters.